The van der Waals surface area contributed by atoms with Crippen molar-refractivity contribution >= 4 is 44.8 Å². The summed E-state index contributed by atoms with van der Waals surface area (Å²) in [4.78, 5) is 2.35. The van der Waals surface area contributed by atoms with Crippen LogP contribution in [-0.2, 0) is 10.0 Å². The fourth-order valence-corrected chi connectivity index (χ4v) is 5.03. The van der Waals surface area contributed by atoms with Crippen LogP contribution in [0.15, 0.2) is 17.0 Å². The Bertz CT molecular complexity index is 667. The maximum absolute atomic E-state index is 12.3. The largest absolute Gasteiger partial charge is 0.300 e. The molecule has 0 saturated carbocycles. The zero-order valence-corrected chi connectivity index (χ0v) is 16.2. The average Bonchev–Trinajstić information content (AvgIpc) is 2.79. The SMILES string of the molecule is CC1CC(C)N(CCCNS(=O)(=O)c2ccc(Cl)c(Cl)c2Cl)C1. The highest BCUT2D eigenvalue weighted by Gasteiger charge is 2.25. The van der Waals surface area contributed by atoms with Crippen molar-refractivity contribution in [1.82, 2.24) is 9.62 Å². The second-order valence-electron chi connectivity index (χ2n) is 6.11. The Morgan fingerprint density at radius 2 is 1.91 bits per heavy atom. The van der Waals surface area contributed by atoms with Gasteiger partial charge in [0.15, 0.2) is 0 Å². The highest BCUT2D eigenvalue weighted by atomic mass is 35.5. The van der Waals surface area contributed by atoms with Crippen LogP contribution in [0, 0.1) is 5.92 Å². The first-order valence-electron chi connectivity index (χ1n) is 7.59. The van der Waals surface area contributed by atoms with Crippen LogP contribution in [0.25, 0.3) is 0 Å². The smallest absolute Gasteiger partial charge is 0.242 e. The lowest BCUT2D eigenvalue weighted by Crippen LogP contribution is -2.32. The van der Waals surface area contributed by atoms with Crippen LogP contribution in [0.1, 0.15) is 26.7 Å². The molecule has 4 nitrogen and oxygen atoms in total. The molecule has 23 heavy (non-hydrogen) atoms. The van der Waals surface area contributed by atoms with Gasteiger partial charge < -0.3 is 4.90 Å². The molecule has 1 aromatic carbocycles. The summed E-state index contributed by atoms with van der Waals surface area (Å²) in [6, 6.07) is 3.35. The standard InChI is InChI=1S/C15H21Cl3N2O2S/c1-10-8-11(2)20(9-10)7-3-6-19-23(21,22)13-5-4-12(16)14(17)15(13)18/h4-5,10-11,19H,3,6-9H2,1-2H3. The van der Waals surface area contributed by atoms with E-state index < -0.39 is 10.0 Å². The van der Waals surface area contributed by atoms with Crippen LogP contribution in [0.4, 0.5) is 0 Å². The second kappa shape index (κ2) is 7.89. The highest BCUT2D eigenvalue weighted by Crippen LogP contribution is 2.34. The summed E-state index contributed by atoms with van der Waals surface area (Å²) in [5, 5.41) is 0.234. The number of rotatable bonds is 6. The molecule has 2 atom stereocenters. The number of hydrogen-bond acceptors (Lipinski definition) is 3. The van der Waals surface area contributed by atoms with E-state index in [1.807, 2.05) is 0 Å². The number of nitrogens with zero attached hydrogens (tertiary/aromatic N) is 1. The van der Waals surface area contributed by atoms with Crippen LogP contribution >= 0.6 is 34.8 Å². The van der Waals surface area contributed by atoms with E-state index in [4.69, 9.17) is 34.8 Å². The molecule has 1 aliphatic rings. The third-order valence-corrected chi connectivity index (χ3v) is 7.03. The average molecular weight is 400 g/mol. The minimum Gasteiger partial charge on any atom is -0.300 e. The van der Waals surface area contributed by atoms with Crippen molar-refractivity contribution in [2.45, 2.75) is 37.6 Å². The van der Waals surface area contributed by atoms with Gasteiger partial charge in [0.2, 0.25) is 10.0 Å². The lowest BCUT2D eigenvalue weighted by molar-refractivity contribution is 0.262. The Morgan fingerprint density at radius 1 is 1.22 bits per heavy atom. The van der Waals surface area contributed by atoms with Crippen LogP contribution in [0.5, 0.6) is 0 Å². The van der Waals surface area contributed by atoms with E-state index in [2.05, 4.69) is 23.5 Å². The van der Waals surface area contributed by atoms with Gasteiger partial charge in [-0.3, -0.25) is 0 Å². The predicted octanol–water partition coefficient (Wildman–Crippen LogP) is 4.05. The molecule has 1 heterocycles. The van der Waals surface area contributed by atoms with Crippen molar-refractivity contribution in [2.75, 3.05) is 19.6 Å². The molecule has 0 radical (unpaired) electrons. The van der Waals surface area contributed by atoms with Crippen LogP contribution in [-0.4, -0.2) is 39.0 Å². The number of sulfonamides is 1. The molecule has 2 rings (SSSR count). The predicted molar refractivity (Wildman–Crippen MR) is 96.1 cm³/mol. The first-order valence-corrected chi connectivity index (χ1v) is 10.2. The molecule has 1 aliphatic heterocycles. The van der Waals surface area contributed by atoms with E-state index in [9.17, 15) is 8.42 Å². The van der Waals surface area contributed by atoms with E-state index in [1.165, 1.54) is 18.6 Å². The van der Waals surface area contributed by atoms with Crippen molar-refractivity contribution in [3.8, 4) is 0 Å². The van der Waals surface area contributed by atoms with Crippen LogP contribution in [0.3, 0.4) is 0 Å². The quantitative estimate of drug-likeness (QED) is 0.580. The van der Waals surface area contributed by atoms with Gasteiger partial charge in [-0.25, -0.2) is 13.1 Å². The Hall–Kier alpha value is -0.0400. The van der Waals surface area contributed by atoms with Gasteiger partial charge in [0.1, 0.15) is 4.90 Å². The molecule has 0 spiro atoms. The molecule has 8 heteroatoms. The number of likely N-dealkylation sites (tertiary alicyclic amines) is 1. The number of nitrogens with one attached hydrogen (secondary N) is 1. The van der Waals surface area contributed by atoms with Gasteiger partial charge in [-0.15, -0.1) is 0 Å². The third kappa shape index (κ3) is 4.74. The van der Waals surface area contributed by atoms with E-state index in [0.717, 1.165) is 19.5 Å². The lowest BCUT2D eigenvalue weighted by atomic mass is 10.1. The van der Waals surface area contributed by atoms with Gasteiger partial charge in [-0.2, -0.15) is 0 Å². The van der Waals surface area contributed by atoms with E-state index in [1.54, 1.807) is 0 Å². The molecule has 0 bridgehead atoms. The minimum atomic E-state index is -3.69. The van der Waals surface area contributed by atoms with Gasteiger partial charge in [-0.1, -0.05) is 41.7 Å². The Kier molecular flexibility index (Phi) is 6.62. The normalized spacial score (nSPS) is 22.7. The molecule has 130 valence electrons. The van der Waals surface area contributed by atoms with Crippen molar-refractivity contribution < 1.29 is 8.42 Å². The molecular formula is C15H21Cl3N2O2S. The summed E-state index contributed by atoms with van der Waals surface area (Å²) in [7, 11) is -3.69. The minimum absolute atomic E-state index is 0.0447. The maximum atomic E-state index is 12.3. The monoisotopic (exact) mass is 398 g/mol. The Labute approximate surface area is 153 Å². The molecule has 0 aromatic heterocycles. The molecule has 1 aromatic rings. The third-order valence-electron chi connectivity index (χ3n) is 4.12. The van der Waals surface area contributed by atoms with E-state index in [-0.39, 0.29) is 20.0 Å². The van der Waals surface area contributed by atoms with Gasteiger partial charge in [0.05, 0.1) is 15.1 Å². The van der Waals surface area contributed by atoms with Gasteiger partial charge in [0, 0.05) is 19.1 Å². The summed E-state index contributed by atoms with van der Waals surface area (Å²) in [6.45, 7) is 6.76. The van der Waals surface area contributed by atoms with Crippen molar-refractivity contribution in [2.24, 2.45) is 5.92 Å². The van der Waals surface area contributed by atoms with Crippen molar-refractivity contribution in [3.63, 3.8) is 0 Å². The number of hydrogen-bond donors (Lipinski definition) is 1. The molecular weight excluding hydrogens is 379 g/mol. The Morgan fingerprint density at radius 3 is 2.52 bits per heavy atom. The molecule has 1 fully saturated rings. The van der Waals surface area contributed by atoms with Crippen molar-refractivity contribution in [3.05, 3.63) is 27.2 Å². The summed E-state index contributed by atoms with van der Waals surface area (Å²) in [6.07, 6.45) is 1.94. The Balaban J connectivity index is 1.91. The highest BCUT2D eigenvalue weighted by molar-refractivity contribution is 7.89. The van der Waals surface area contributed by atoms with Crippen LogP contribution in [0.2, 0.25) is 15.1 Å². The fourth-order valence-electron chi connectivity index (χ4n) is 2.98. The van der Waals surface area contributed by atoms with E-state index >= 15 is 0 Å². The molecule has 1 N–H and O–H groups in total. The van der Waals surface area contributed by atoms with Crippen molar-refractivity contribution in [1.29, 1.82) is 0 Å². The summed E-state index contributed by atoms with van der Waals surface area (Å²) < 4.78 is 27.2. The molecule has 0 aliphatic carbocycles. The fraction of sp³-hybridized carbons (Fsp3) is 0.600. The second-order valence-corrected chi connectivity index (χ2v) is 9.01. The summed E-state index contributed by atoms with van der Waals surface area (Å²) in [5.74, 6) is 0.705. The maximum Gasteiger partial charge on any atom is 0.242 e. The zero-order chi connectivity index (χ0) is 17.2. The molecule has 2 unspecified atom stereocenters. The van der Waals surface area contributed by atoms with Gasteiger partial charge >= 0.3 is 0 Å². The number of halogens is 3. The zero-order valence-electron chi connectivity index (χ0n) is 13.2. The van der Waals surface area contributed by atoms with E-state index in [0.29, 0.717) is 18.5 Å². The van der Waals surface area contributed by atoms with Gasteiger partial charge in [-0.05, 0) is 44.4 Å². The lowest BCUT2D eigenvalue weighted by Gasteiger charge is -2.20. The topological polar surface area (TPSA) is 49.4 Å². The summed E-state index contributed by atoms with van der Waals surface area (Å²) >= 11 is 17.7. The summed E-state index contributed by atoms with van der Waals surface area (Å²) in [5.41, 5.74) is 0. The first-order chi connectivity index (χ1) is 10.7. The molecule has 1 saturated heterocycles. The number of benzene rings is 1. The van der Waals surface area contributed by atoms with Crippen LogP contribution < -0.4 is 4.72 Å². The van der Waals surface area contributed by atoms with Gasteiger partial charge in [0.25, 0.3) is 0 Å². The first kappa shape index (κ1) is 19.3. The molecule has 0 amide bonds.